The molecule has 2 heterocycles. The maximum absolute atomic E-state index is 6.18. The monoisotopic (exact) mass is 266 g/mol. The van der Waals surface area contributed by atoms with E-state index in [9.17, 15) is 0 Å². The molecule has 2 aromatic heterocycles. The number of rotatable bonds is 5. The molecular formula is C11H15ClN6. The minimum Gasteiger partial charge on any atom is -0.270 e. The lowest BCUT2D eigenvalue weighted by Gasteiger charge is -2.17. The van der Waals surface area contributed by atoms with Crippen LogP contribution in [0.3, 0.4) is 0 Å². The minimum atomic E-state index is -0.319. The first-order chi connectivity index (χ1) is 8.77. The van der Waals surface area contributed by atoms with E-state index in [0.717, 1.165) is 18.7 Å². The van der Waals surface area contributed by atoms with Gasteiger partial charge in [0.2, 0.25) is 0 Å². The maximum Gasteiger partial charge on any atom is 0.108 e. The van der Waals surface area contributed by atoms with Crippen LogP contribution in [0.5, 0.6) is 0 Å². The summed E-state index contributed by atoms with van der Waals surface area (Å²) in [6.45, 7) is 2.85. The average Bonchev–Trinajstić information content (AvgIpc) is 2.75. The van der Waals surface area contributed by atoms with Crippen molar-refractivity contribution in [3.05, 3.63) is 41.2 Å². The Hall–Kier alpha value is -1.50. The van der Waals surface area contributed by atoms with Gasteiger partial charge < -0.3 is 0 Å². The molecule has 0 bridgehead atoms. The van der Waals surface area contributed by atoms with Crippen LogP contribution in [0, 0.1) is 0 Å². The number of hydrazine groups is 1. The first-order valence-corrected chi connectivity index (χ1v) is 6.09. The van der Waals surface area contributed by atoms with Gasteiger partial charge in [0.25, 0.3) is 0 Å². The quantitative estimate of drug-likeness (QED) is 0.630. The Morgan fingerprint density at radius 1 is 1.44 bits per heavy atom. The lowest BCUT2D eigenvalue weighted by atomic mass is 10.1. The third kappa shape index (κ3) is 2.50. The van der Waals surface area contributed by atoms with Crippen LogP contribution in [0.4, 0.5) is 0 Å². The van der Waals surface area contributed by atoms with E-state index in [1.54, 1.807) is 24.8 Å². The van der Waals surface area contributed by atoms with Crippen molar-refractivity contribution in [2.24, 2.45) is 5.84 Å². The number of aromatic nitrogens is 4. The fourth-order valence-electron chi connectivity index (χ4n) is 1.81. The molecule has 0 amide bonds. The van der Waals surface area contributed by atoms with Gasteiger partial charge in [-0.2, -0.15) is 5.10 Å². The van der Waals surface area contributed by atoms with Crippen molar-refractivity contribution < 1.29 is 0 Å². The molecule has 3 N–H and O–H groups in total. The third-order valence-electron chi connectivity index (χ3n) is 2.59. The highest BCUT2D eigenvalue weighted by molar-refractivity contribution is 6.31. The van der Waals surface area contributed by atoms with E-state index in [1.807, 2.05) is 4.68 Å². The Bertz CT molecular complexity index is 497. The van der Waals surface area contributed by atoms with Crippen LogP contribution in [-0.2, 0) is 6.54 Å². The van der Waals surface area contributed by atoms with E-state index in [4.69, 9.17) is 17.4 Å². The molecule has 0 aromatic carbocycles. The van der Waals surface area contributed by atoms with Gasteiger partial charge in [0.05, 0.1) is 28.8 Å². The average molecular weight is 267 g/mol. The molecule has 0 radical (unpaired) electrons. The number of hydrogen-bond donors (Lipinski definition) is 2. The number of nitrogens with one attached hydrogen (secondary N) is 1. The third-order valence-corrected chi connectivity index (χ3v) is 2.88. The molecule has 0 fully saturated rings. The molecule has 0 saturated heterocycles. The molecule has 0 aliphatic carbocycles. The summed E-state index contributed by atoms with van der Waals surface area (Å²) < 4.78 is 1.83. The van der Waals surface area contributed by atoms with E-state index in [-0.39, 0.29) is 6.04 Å². The second kappa shape index (κ2) is 5.90. The maximum atomic E-state index is 6.18. The van der Waals surface area contributed by atoms with Crippen LogP contribution < -0.4 is 11.3 Å². The van der Waals surface area contributed by atoms with Gasteiger partial charge in [-0.25, -0.2) is 5.43 Å². The number of halogens is 1. The first-order valence-electron chi connectivity index (χ1n) is 5.71. The molecule has 2 aromatic rings. The highest BCUT2D eigenvalue weighted by atomic mass is 35.5. The predicted molar refractivity (Wildman–Crippen MR) is 68.7 cm³/mol. The Labute approximate surface area is 110 Å². The second-order valence-electron chi connectivity index (χ2n) is 3.83. The van der Waals surface area contributed by atoms with Crippen LogP contribution in [-0.4, -0.2) is 19.7 Å². The molecule has 7 heteroatoms. The van der Waals surface area contributed by atoms with Crippen LogP contribution in [0.15, 0.2) is 24.8 Å². The van der Waals surface area contributed by atoms with Crippen molar-refractivity contribution in [3.8, 4) is 0 Å². The van der Waals surface area contributed by atoms with Gasteiger partial charge in [-0.3, -0.25) is 20.5 Å². The summed E-state index contributed by atoms with van der Waals surface area (Å²) in [5.41, 5.74) is 4.23. The molecule has 6 nitrogen and oxygen atoms in total. The summed E-state index contributed by atoms with van der Waals surface area (Å²) in [5, 5.41) is 4.81. The SMILES string of the molecule is CCCn1ncc(Cl)c1C(NN)c1cnccn1. The van der Waals surface area contributed by atoms with Gasteiger partial charge in [-0.15, -0.1) is 0 Å². The van der Waals surface area contributed by atoms with Crippen molar-refractivity contribution in [1.29, 1.82) is 0 Å². The molecule has 96 valence electrons. The molecule has 0 aliphatic rings. The Balaban J connectivity index is 2.41. The van der Waals surface area contributed by atoms with Crippen molar-refractivity contribution in [2.75, 3.05) is 0 Å². The summed E-state index contributed by atoms with van der Waals surface area (Å²) in [4.78, 5) is 8.28. The van der Waals surface area contributed by atoms with E-state index >= 15 is 0 Å². The van der Waals surface area contributed by atoms with Crippen LogP contribution in [0.25, 0.3) is 0 Å². The molecule has 0 spiro atoms. The summed E-state index contributed by atoms with van der Waals surface area (Å²) >= 11 is 6.18. The molecule has 0 saturated carbocycles. The zero-order chi connectivity index (χ0) is 13.0. The molecular weight excluding hydrogens is 252 g/mol. The Morgan fingerprint density at radius 2 is 2.28 bits per heavy atom. The lowest BCUT2D eigenvalue weighted by Crippen LogP contribution is -2.31. The fraction of sp³-hybridized carbons (Fsp3) is 0.364. The molecule has 1 atom stereocenters. The zero-order valence-electron chi connectivity index (χ0n) is 10.0. The van der Waals surface area contributed by atoms with Gasteiger partial charge in [0, 0.05) is 18.9 Å². The van der Waals surface area contributed by atoms with E-state index in [2.05, 4.69) is 27.4 Å². The van der Waals surface area contributed by atoms with Crippen LogP contribution in [0.1, 0.15) is 30.8 Å². The Morgan fingerprint density at radius 3 is 2.89 bits per heavy atom. The number of nitrogens with zero attached hydrogens (tertiary/aromatic N) is 4. The van der Waals surface area contributed by atoms with Gasteiger partial charge in [-0.1, -0.05) is 18.5 Å². The highest BCUT2D eigenvalue weighted by Crippen LogP contribution is 2.26. The van der Waals surface area contributed by atoms with Crippen molar-refractivity contribution in [2.45, 2.75) is 25.9 Å². The lowest BCUT2D eigenvalue weighted by molar-refractivity contribution is 0.514. The van der Waals surface area contributed by atoms with Gasteiger partial charge in [0.1, 0.15) is 6.04 Å². The Kier molecular flexibility index (Phi) is 4.24. The standard InChI is InChI=1S/C11H15ClN6/c1-2-5-18-11(8(12)6-16-18)10(17-13)9-7-14-3-4-15-9/h3-4,6-7,10,17H,2,5,13H2,1H3. The fourth-order valence-corrected chi connectivity index (χ4v) is 2.06. The molecule has 0 aliphatic heterocycles. The predicted octanol–water partition coefficient (Wildman–Crippen LogP) is 1.29. The largest absolute Gasteiger partial charge is 0.270 e. The summed E-state index contributed by atoms with van der Waals surface area (Å²) in [6, 6.07) is -0.319. The smallest absolute Gasteiger partial charge is 0.108 e. The number of hydrogen-bond acceptors (Lipinski definition) is 5. The first kappa shape index (κ1) is 12.9. The molecule has 1 unspecified atom stereocenters. The van der Waals surface area contributed by atoms with E-state index < -0.39 is 0 Å². The van der Waals surface area contributed by atoms with Crippen molar-refractivity contribution >= 4 is 11.6 Å². The topological polar surface area (TPSA) is 81.7 Å². The summed E-state index contributed by atoms with van der Waals surface area (Å²) in [7, 11) is 0. The second-order valence-corrected chi connectivity index (χ2v) is 4.24. The normalized spacial score (nSPS) is 12.6. The number of nitrogens with two attached hydrogens (primary N) is 1. The molecule has 18 heavy (non-hydrogen) atoms. The van der Waals surface area contributed by atoms with E-state index in [1.165, 1.54) is 0 Å². The van der Waals surface area contributed by atoms with Crippen LogP contribution >= 0.6 is 11.6 Å². The van der Waals surface area contributed by atoms with Crippen molar-refractivity contribution in [1.82, 2.24) is 25.2 Å². The van der Waals surface area contributed by atoms with Crippen LogP contribution in [0.2, 0.25) is 5.02 Å². The summed E-state index contributed by atoms with van der Waals surface area (Å²) in [6.07, 6.45) is 7.47. The number of aryl methyl sites for hydroxylation is 1. The minimum absolute atomic E-state index is 0.319. The van der Waals surface area contributed by atoms with Gasteiger partial charge >= 0.3 is 0 Å². The summed E-state index contributed by atoms with van der Waals surface area (Å²) in [5.74, 6) is 5.61. The van der Waals surface area contributed by atoms with E-state index in [0.29, 0.717) is 10.7 Å². The van der Waals surface area contributed by atoms with Gasteiger partial charge in [0.15, 0.2) is 0 Å². The van der Waals surface area contributed by atoms with Crippen molar-refractivity contribution in [3.63, 3.8) is 0 Å². The zero-order valence-corrected chi connectivity index (χ0v) is 10.8. The molecule has 2 rings (SSSR count). The van der Waals surface area contributed by atoms with Gasteiger partial charge in [-0.05, 0) is 6.42 Å². The highest BCUT2D eigenvalue weighted by Gasteiger charge is 2.22.